The van der Waals surface area contributed by atoms with Gasteiger partial charge in [0.1, 0.15) is 5.25 Å². The number of thioether (sulfide) groups is 1. The molecule has 8 heteroatoms. The third-order valence-corrected chi connectivity index (χ3v) is 6.17. The molecule has 0 fully saturated rings. The second-order valence-electron chi connectivity index (χ2n) is 6.59. The minimum Gasteiger partial charge on any atom is -0.453 e. The highest BCUT2D eigenvalue weighted by Gasteiger charge is 2.30. The summed E-state index contributed by atoms with van der Waals surface area (Å²) in [5.74, 6) is 0.0650. The van der Waals surface area contributed by atoms with Crippen molar-refractivity contribution in [2.24, 2.45) is 0 Å². The first-order valence-corrected chi connectivity index (χ1v) is 11.7. The molecule has 1 N–H and O–H groups in total. The molecule has 28 heavy (non-hydrogen) atoms. The van der Waals surface area contributed by atoms with Gasteiger partial charge in [0, 0.05) is 11.3 Å². The number of ether oxygens (including phenoxy) is 1. The number of benzene rings is 2. The van der Waals surface area contributed by atoms with Crippen molar-refractivity contribution in [3.05, 3.63) is 65.2 Å². The molecule has 0 unspecified atom stereocenters. The molecule has 0 bridgehead atoms. The van der Waals surface area contributed by atoms with Gasteiger partial charge in [-0.3, -0.25) is 14.3 Å². The summed E-state index contributed by atoms with van der Waals surface area (Å²) < 4.78 is 30.3. The maximum absolute atomic E-state index is 12.6. The van der Waals surface area contributed by atoms with E-state index in [9.17, 15) is 18.0 Å². The highest BCUT2D eigenvalue weighted by atomic mass is 32.2. The fraction of sp³-hybridized carbons (Fsp3) is 0.300. The van der Waals surface area contributed by atoms with E-state index in [0.29, 0.717) is 11.3 Å². The van der Waals surface area contributed by atoms with Crippen molar-refractivity contribution in [2.45, 2.75) is 24.7 Å². The molecule has 0 aromatic heterocycles. The van der Waals surface area contributed by atoms with Gasteiger partial charge in [-0.25, -0.2) is 8.42 Å². The molecule has 6 nitrogen and oxygen atoms in total. The van der Waals surface area contributed by atoms with E-state index in [1.807, 2.05) is 24.3 Å². The van der Waals surface area contributed by atoms with E-state index in [-0.39, 0.29) is 5.78 Å². The summed E-state index contributed by atoms with van der Waals surface area (Å²) in [5.41, 5.74) is 2.78. The Morgan fingerprint density at radius 3 is 2.50 bits per heavy atom. The average molecular weight is 420 g/mol. The van der Waals surface area contributed by atoms with Crippen LogP contribution >= 0.6 is 11.8 Å². The first kappa shape index (κ1) is 20.4. The van der Waals surface area contributed by atoms with E-state index in [4.69, 9.17) is 4.74 Å². The van der Waals surface area contributed by atoms with Crippen molar-refractivity contribution in [2.75, 3.05) is 16.7 Å². The Morgan fingerprint density at radius 2 is 1.82 bits per heavy atom. The number of rotatable bonds is 6. The fourth-order valence-corrected chi connectivity index (χ4v) is 4.77. The van der Waals surface area contributed by atoms with Gasteiger partial charge in [0.15, 0.2) is 6.10 Å². The van der Waals surface area contributed by atoms with E-state index in [0.717, 1.165) is 29.6 Å². The van der Waals surface area contributed by atoms with Crippen LogP contribution in [0.4, 0.5) is 5.69 Å². The minimum atomic E-state index is -3.39. The molecule has 3 rings (SSSR count). The maximum atomic E-state index is 12.6. The third-order valence-electron chi connectivity index (χ3n) is 4.34. The number of ketones is 1. The van der Waals surface area contributed by atoms with Gasteiger partial charge in [0.25, 0.3) is 0 Å². The molecule has 0 aliphatic carbocycles. The van der Waals surface area contributed by atoms with Crippen LogP contribution in [0.15, 0.2) is 48.5 Å². The predicted octanol–water partition coefficient (Wildman–Crippen LogP) is 3.20. The van der Waals surface area contributed by atoms with Gasteiger partial charge in [0.2, 0.25) is 15.8 Å². The Balaban J connectivity index is 1.67. The molecule has 1 aliphatic rings. The lowest BCUT2D eigenvalue weighted by Gasteiger charge is -2.24. The quantitative estimate of drug-likeness (QED) is 0.571. The maximum Gasteiger partial charge on any atom is 0.324 e. The Kier molecular flexibility index (Phi) is 6.10. The van der Waals surface area contributed by atoms with Crippen LogP contribution in [0, 0.1) is 0 Å². The van der Waals surface area contributed by atoms with Crippen LogP contribution in [0.25, 0.3) is 0 Å². The zero-order valence-electron chi connectivity index (χ0n) is 15.5. The zero-order valence-corrected chi connectivity index (χ0v) is 17.2. The summed E-state index contributed by atoms with van der Waals surface area (Å²) >= 11 is 1.52. The molecule has 148 valence electrons. The van der Waals surface area contributed by atoms with E-state index in [1.54, 1.807) is 6.92 Å². The number of carbonyl (C=O) groups is 2. The van der Waals surface area contributed by atoms with Crippen molar-refractivity contribution in [1.29, 1.82) is 0 Å². The van der Waals surface area contributed by atoms with Crippen molar-refractivity contribution >= 4 is 39.2 Å². The highest BCUT2D eigenvalue weighted by molar-refractivity contribution is 8.00. The SMILES string of the molecule is C[C@H](OC(=O)[C@@H]1SCCc2ccccc21)C(=O)c1ccc(NS(C)(=O)=O)cc1. The number of anilines is 1. The summed E-state index contributed by atoms with van der Waals surface area (Å²) in [5, 5.41) is -0.429. The summed E-state index contributed by atoms with van der Waals surface area (Å²) in [6.07, 6.45) is 1.03. The molecule has 2 aromatic carbocycles. The molecule has 2 aromatic rings. The van der Waals surface area contributed by atoms with E-state index >= 15 is 0 Å². The van der Waals surface area contributed by atoms with Crippen molar-refractivity contribution in [3.63, 3.8) is 0 Å². The Morgan fingerprint density at radius 1 is 1.14 bits per heavy atom. The van der Waals surface area contributed by atoms with Gasteiger partial charge in [0.05, 0.1) is 6.26 Å². The van der Waals surface area contributed by atoms with E-state index in [2.05, 4.69) is 4.72 Å². The number of esters is 1. The van der Waals surface area contributed by atoms with Crippen LogP contribution in [-0.4, -0.2) is 38.3 Å². The number of carbonyl (C=O) groups excluding carboxylic acids is 2. The standard InChI is InChI=1S/C20H21NO5S2/c1-13(18(22)15-7-9-16(10-8-15)21-28(2,24)25)26-20(23)19-17-6-4-3-5-14(17)11-12-27-19/h3-10,13,19,21H,11-12H2,1-2H3/t13-,19+/m0/s1. The number of sulfonamides is 1. The average Bonchev–Trinajstić information content (AvgIpc) is 2.66. The second kappa shape index (κ2) is 8.36. The molecular formula is C20H21NO5S2. The monoisotopic (exact) mass is 419 g/mol. The molecule has 0 radical (unpaired) electrons. The lowest BCUT2D eigenvalue weighted by molar-refractivity contribution is -0.145. The van der Waals surface area contributed by atoms with E-state index in [1.165, 1.54) is 36.0 Å². The van der Waals surface area contributed by atoms with Crippen LogP contribution in [0.5, 0.6) is 0 Å². The van der Waals surface area contributed by atoms with Crippen molar-refractivity contribution in [3.8, 4) is 0 Å². The largest absolute Gasteiger partial charge is 0.453 e. The van der Waals surface area contributed by atoms with Crippen LogP contribution in [0.1, 0.15) is 33.7 Å². The Hall–Kier alpha value is -2.32. The summed E-state index contributed by atoms with van der Waals surface area (Å²) in [7, 11) is -3.39. The lowest BCUT2D eigenvalue weighted by atomic mass is 10.0. The normalized spacial score (nSPS) is 17.3. The number of fused-ring (bicyclic) bond motifs is 1. The number of hydrogen-bond donors (Lipinski definition) is 1. The van der Waals surface area contributed by atoms with Gasteiger partial charge in [-0.05, 0) is 54.5 Å². The minimum absolute atomic E-state index is 0.339. The molecule has 1 aliphatic heterocycles. The first-order valence-electron chi connectivity index (χ1n) is 8.76. The number of nitrogens with one attached hydrogen (secondary N) is 1. The van der Waals surface area contributed by atoms with Crippen molar-refractivity contribution in [1.82, 2.24) is 0 Å². The van der Waals surface area contributed by atoms with Crippen LogP contribution in [-0.2, 0) is 26.0 Å². The van der Waals surface area contributed by atoms with Crippen LogP contribution < -0.4 is 4.72 Å². The molecule has 0 spiro atoms. The highest BCUT2D eigenvalue weighted by Crippen LogP contribution is 2.37. The number of hydrogen-bond acceptors (Lipinski definition) is 6. The van der Waals surface area contributed by atoms with Crippen LogP contribution in [0.2, 0.25) is 0 Å². The summed E-state index contributed by atoms with van der Waals surface area (Å²) in [6.45, 7) is 1.54. The number of Topliss-reactive ketones (excluding diaryl/α,β-unsaturated/α-hetero) is 1. The smallest absolute Gasteiger partial charge is 0.324 e. The predicted molar refractivity (Wildman–Crippen MR) is 110 cm³/mol. The van der Waals surface area contributed by atoms with Gasteiger partial charge < -0.3 is 4.74 Å². The van der Waals surface area contributed by atoms with Gasteiger partial charge in [-0.1, -0.05) is 24.3 Å². The Labute approximate surface area is 168 Å². The van der Waals surface area contributed by atoms with Gasteiger partial charge in [-0.15, -0.1) is 11.8 Å². The first-order chi connectivity index (χ1) is 13.2. The second-order valence-corrected chi connectivity index (χ2v) is 9.56. The summed E-state index contributed by atoms with van der Waals surface area (Å²) in [4.78, 5) is 25.2. The third kappa shape index (κ3) is 4.94. The Bertz CT molecular complexity index is 986. The molecular weight excluding hydrogens is 398 g/mol. The molecule has 1 heterocycles. The molecule has 0 saturated heterocycles. The lowest BCUT2D eigenvalue weighted by Crippen LogP contribution is -2.28. The topological polar surface area (TPSA) is 89.5 Å². The molecule has 0 amide bonds. The summed E-state index contributed by atoms with van der Waals surface area (Å²) in [6, 6.07) is 13.8. The fourth-order valence-electron chi connectivity index (χ4n) is 3.03. The van der Waals surface area contributed by atoms with Crippen LogP contribution in [0.3, 0.4) is 0 Å². The molecule has 0 saturated carbocycles. The molecule has 2 atom stereocenters. The zero-order chi connectivity index (χ0) is 20.3. The van der Waals surface area contributed by atoms with Gasteiger partial charge >= 0.3 is 5.97 Å². The number of aryl methyl sites for hydroxylation is 1. The van der Waals surface area contributed by atoms with Gasteiger partial charge in [-0.2, -0.15) is 0 Å². The van der Waals surface area contributed by atoms with Crippen molar-refractivity contribution < 1.29 is 22.7 Å². The van der Waals surface area contributed by atoms with E-state index < -0.39 is 27.3 Å².